The molecule has 12 rings (SSSR count). The average molecular weight is 889 g/mol. The molecule has 0 fully saturated rings. The molecule has 1 aliphatic carbocycles. The normalized spacial score (nSPS) is 13.4. The molecule has 2 nitrogen and oxygen atoms in total. The van der Waals surface area contributed by atoms with Crippen LogP contribution in [0.5, 0.6) is 0 Å². The van der Waals surface area contributed by atoms with E-state index in [4.69, 9.17) is 0 Å². The fraction of sp³-hybridized carbons (Fsp3) is 0.104. The van der Waals surface area contributed by atoms with Gasteiger partial charge in [0.05, 0.1) is 16.7 Å². The van der Waals surface area contributed by atoms with Crippen molar-refractivity contribution in [1.29, 1.82) is 0 Å². The summed E-state index contributed by atoms with van der Waals surface area (Å²) in [5.74, 6) is 0. The van der Waals surface area contributed by atoms with Gasteiger partial charge in [0, 0.05) is 44.2 Å². The van der Waals surface area contributed by atoms with Crippen molar-refractivity contribution in [2.75, 3.05) is 4.90 Å². The zero-order chi connectivity index (χ0) is 47.6. The first-order valence-corrected chi connectivity index (χ1v) is 24.4. The van der Waals surface area contributed by atoms with Gasteiger partial charge in [-0.2, -0.15) is 0 Å². The zero-order valence-corrected chi connectivity index (χ0v) is 40.4. The summed E-state index contributed by atoms with van der Waals surface area (Å²) in [7, 11) is 0. The maximum Gasteiger partial charge on any atom is 0.0626 e. The second-order valence-electron chi connectivity index (χ2n) is 18.4. The Morgan fingerprint density at radius 3 is 1.59 bits per heavy atom. The van der Waals surface area contributed by atoms with Gasteiger partial charge >= 0.3 is 0 Å². The van der Waals surface area contributed by atoms with E-state index in [1.165, 1.54) is 115 Å². The summed E-state index contributed by atoms with van der Waals surface area (Å²) in [5.41, 5.74) is 17.9. The number of rotatable bonds is 9. The fourth-order valence-electron chi connectivity index (χ4n) is 11.7. The van der Waals surface area contributed by atoms with Gasteiger partial charge in [0.25, 0.3) is 0 Å². The number of nitrogens with zero attached hydrogens (tertiary/aromatic N) is 2. The van der Waals surface area contributed by atoms with Gasteiger partial charge in [0.1, 0.15) is 0 Å². The molecule has 11 aromatic rings. The predicted molar refractivity (Wildman–Crippen MR) is 303 cm³/mol. The van der Waals surface area contributed by atoms with E-state index in [2.05, 4.69) is 244 Å². The Labute approximate surface area is 406 Å². The van der Waals surface area contributed by atoms with Gasteiger partial charge in [-0.15, -0.1) is 0 Å². The standard InChI is InChI=1S/C65H50N2.C2H6/c1-7-18-54-55-26-17-25-48(63(55)65(5,6)59(54)10-4)42-30-34-44(35-31-42)66(45-36-37-53-51-22-12-11-20-49(51)50-21-13-14-23-52(50)58(53)40-45)43-32-28-41(29-33-43)47-38-39-56-46(9-3)60(19-8-2)67-61-27-16-15-24-57(61)62(47)64(56)67;1-2/h7-40H,3-4H2,1-2,5-6H3;1-2H3/b18-7-,19-8-;. The molecule has 0 N–H and O–H groups in total. The SMILES string of the molecule is C=CC1=C(/C=C\C)c2cccc(-c3ccc(N(c4ccc(-c5ccc6c(C=C)c(/C=C\C)n7c8ccccc8c5c67)cc4)c4ccc5c6ccccc6c6ccccc6c5c4)cc3)c2C1(C)C.CC. The second-order valence-corrected chi connectivity index (χ2v) is 18.4. The summed E-state index contributed by atoms with van der Waals surface area (Å²) in [5, 5.41) is 11.3. The molecule has 2 heterocycles. The van der Waals surface area contributed by atoms with Gasteiger partial charge in [-0.25, -0.2) is 0 Å². The van der Waals surface area contributed by atoms with E-state index in [-0.39, 0.29) is 5.41 Å². The molecule has 0 bridgehead atoms. The van der Waals surface area contributed by atoms with Crippen LogP contribution < -0.4 is 4.90 Å². The molecule has 9 aromatic carbocycles. The maximum absolute atomic E-state index is 4.26. The summed E-state index contributed by atoms with van der Waals surface area (Å²) < 4.78 is 2.42. The van der Waals surface area contributed by atoms with Crippen LogP contribution in [0.25, 0.3) is 99.5 Å². The summed E-state index contributed by atoms with van der Waals surface area (Å²) >= 11 is 0. The van der Waals surface area contributed by atoms with Gasteiger partial charge in [0.2, 0.25) is 0 Å². The number of allylic oxidation sites excluding steroid dienone is 6. The van der Waals surface area contributed by atoms with E-state index in [0.717, 1.165) is 17.1 Å². The van der Waals surface area contributed by atoms with Crippen molar-refractivity contribution < 1.29 is 0 Å². The lowest BCUT2D eigenvalue weighted by Gasteiger charge is -2.28. The Hall–Kier alpha value is -8.20. The Morgan fingerprint density at radius 1 is 0.478 bits per heavy atom. The highest BCUT2D eigenvalue weighted by Gasteiger charge is 2.37. The summed E-state index contributed by atoms with van der Waals surface area (Å²) in [6.45, 7) is 21.3. The van der Waals surface area contributed by atoms with Gasteiger partial charge in [-0.05, 0) is 139 Å². The smallest absolute Gasteiger partial charge is 0.0626 e. The van der Waals surface area contributed by atoms with Crippen molar-refractivity contribution >= 4 is 94.3 Å². The second kappa shape index (κ2) is 17.1. The quantitative estimate of drug-likeness (QED) is 0.131. The maximum atomic E-state index is 4.26. The lowest BCUT2D eigenvalue weighted by Crippen LogP contribution is -2.17. The first-order chi connectivity index (χ1) is 33.9. The number of hydrogen-bond acceptors (Lipinski definition) is 1. The largest absolute Gasteiger partial charge is 0.310 e. The molecule has 0 saturated heterocycles. The molecule has 69 heavy (non-hydrogen) atoms. The molecule has 2 heteroatoms. The number of anilines is 3. The van der Waals surface area contributed by atoms with Gasteiger partial charge < -0.3 is 9.30 Å². The fourth-order valence-corrected chi connectivity index (χ4v) is 11.7. The molecular weight excluding hydrogens is 833 g/mol. The molecule has 0 spiro atoms. The zero-order valence-electron chi connectivity index (χ0n) is 40.4. The van der Waals surface area contributed by atoms with E-state index in [9.17, 15) is 0 Å². The minimum Gasteiger partial charge on any atom is -0.310 e. The van der Waals surface area contributed by atoms with Crippen molar-refractivity contribution in [1.82, 2.24) is 4.40 Å². The third-order valence-corrected chi connectivity index (χ3v) is 14.5. The molecule has 0 saturated carbocycles. The third kappa shape index (κ3) is 6.54. The lowest BCUT2D eigenvalue weighted by atomic mass is 9.77. The number of aromatic nitrogens is 1. The van der Waals surface area contributed by atoms with E-state index in [0.29, 0.717) is 0 Å². The highest BCUT2D eigenvalue weighted by molar-refractivity contribution is 6.26. The van der Waals surface area contributed by atoms with Gasteiger partial charge in [-0.3, -0.25) is 0 Å². The van der Waals surface area contributed by atoms with Crippen LogP contribution in [0.3, 0.4) is 0 Å². The van der Waals surface area contributed by atoms with E-state index < -0.39 is 0 Å². The van der Waals surface area contributed by atoms with Crippen molar-refractivity contribution in [2.45, 2.75) is 47.0 Å². The molecule has 1 aliphatic rings. The van der Waals surface area contributed by atoms with E-state index >= 15 is 0 Å². The molecule has 334 valence electrons. The lowest BCUT2D eigenvalue weighted by molar-refractivity contribution is 0.656. The van der Waals surface area contributed by atoms with Gasteiger partial charge in [-0.1, -0.05) is 199 Å². The minimum absolute atomic E-state index is 0.190. The van der Waals surface area contributed by atoms with Crippen LogP contribution in [0.15, 0.2) is 213 Å². The Bertz CT molecular complexity index is 3890. The number of benzene rings is 9. The number of hydrogen-bond donors (Lipinski definition) is 0. The molecule has 0 radical (unpaired) electrons. The first kappa shape index (κ1) is 43.4. The Kier molecular flexibility index (Phi) is 10.8. The van der Waals surface area contributed by atoms with Crippen LogP contribution in [0.1, 0.15) is 63.9 Å². The summed E-state index contributed by atoms with van der Waals surface area (Å²) in [6.07, 6.45) is 12.7. The van der Waals surface area contributed by atoms with Crippen LogP contribution in [-0.4, -0.2) is 4.40 Å². The van der Waals surface area contributed by atoms with Crippen LogP contribution in [0, 0.1) is 0 Å². The Balaban J connectivity index is 0.00000257. The minimum atomic E-state index is -0.190. The molecule has 0 unspecified atom stereocenters. The topological polar surface area (TPSA) is 7.65 Å². The highest BCUT2D eigenvalue weighted by atomic mass is 15.1. The third-order valence-electron chi connectivity index (χ3n) is 14.5. The van der Waals surface area contributed by atoms with Crippen LogP contribution in [0.2, 0.25) is 0 Å². The van der Waals surface area contributed by atoms with Crippen LogP contribution in [0.4, 0.5) is 17.1 Å². The van der Waals surface area contributed by atoms with E-state index in [1.54, 1.807) is 0 Å². The summed E-state index contributed by atoms with van der Waals surface area (Å²) in [6, 6.07) is 63.1. The number of para-hydroxylation sites is 1. The van der Waals surface area contributed by atoms with Crippen molar-refractivity contribution in [3.05, 3.63) is 235 Å². The van der Waals surface area contributed by atoms with Gasteiger partial charge in [0.15, 0.2) is 0 Å². The molecule has 0 atom stereocenters. The average Bonchev–Trinajstić information content (AvgIpc) is 3.99. The number of fused-ring (bicyclic) bond motifs is 10. The Morgan fingerprint density at radius 2 is 1.00 bits per heavy atom. The molecule has 0 aliphatic heterocycles. The molecule has 2 aromatic heterocycles. The molecule has 0 amide bonds. The molecular formula is C67H56N2. The van der Waals surface area contributed by atoms with Crippen LogP contribution >= 0.6 is 0 Å². The van der Waals surface area contributed by atoms with Crippen molar-refractivity contribution in [3.63, 3.8) is 0 Å². The monoisotopic (exact) mass is 888 g/mol. The van der Waals surface area contributed by atoms with Crippen LogP contribution in [-0.2, 0) is 5.41 Å². The van der Waals surface area contributed by atoms with E-state index in [1.807, 2.05) is 26.0 Å². The summed E-state index contributed by atoms with van der Waals surface area (Å²) in [4.78, 5) is 2.42. The highest BCUT2D eigenvalue weighted by Crippen LogP contribution is 2.52. The van der Waals surface area contributed by atoms with Crippen molar-refractivity contribution in [3.8, 4) is 22.3 Å². The van der Waals surface area contributed by atoms with Crippen molar-refractivity contribution in [2.24, 2.45) is 0 Å². The first-order valence-electron chi connectivity index (χ1n) is 24.4. The predicted octanol–water partition coefficient (Wildman–Crippen LogP) is 19.5.